The van der Waals surface area contributed by atoms with Gasteiger partial charge in [-0.05, 0) is 25.3 Å². The van der Waals surface area contributed by atoms with E-state index in [9.17, 15) is 0 Å². The topological polar surface area (TPSA) is 51.8 Å². The Kier molecular flexibility index (Phi) is 2.90. The summed E-state index contributed by atoms with van der Waals surface area (Å²) in [6, 6.07) is 1.85. The molecule has 0 spiro atoms. The molecule has 0 amide bonds. The van der Waals surface area contributed by atoms with E-state index in [2.05, 4.69) is 30.7 Å². The molecular weight excluding hydrogens is 174 g/mol. The van der Waals surface area contributed by atoms with Gasteiger partial charge in [0.05, 0.1) is 6.04 Å². The Morgan fingerprint density at radius 3 is 1.93 bits per heavy atom. The highest BCUT2D eigenvalue weighted by molar-refractivity contribution is 5.11. The molecule has 1 unspecified atom stereocenters. The summed E-state index contributed by atoms with van der Waals surface area (Å²) in [5, 5.41) is 0. The molecule has 2 N–H and O–H groups in total. The van der Waals surface area contributed by atoms with Gasteiger partial charge in [0.2, 0.25) is 0 Å². The van der Waals surface area contributed by atoms with Gasteiger partial charge in [-0.2, -0.15) is 0 Å². The van der Waals surface area contributed by atoms with Crippen LogP contribution in [0.25, 0.3) is 0 Å². The number of nitrogens with two attached hydrogens (primary N) is 1. The number of hydrogen-bond acceptors (Lipinski definition) is 3. The molecule has 0 fully saturated rings. The average Bonchev–Trinajstić information content (AvgIpc) is 1.99. The molecule has 1 aromatic rings. The zero-order valence-electron chi connectivity index (χ0n) is 9.63. The first-order valence-electron chi connectivity index (χ1n) is 4.88. The predicted molar refractivity (Wildman–Crippen MR) is 57.9 cm³/mol. The van der Waals surface area contributed by atoms with Gasteiger partial charge in [0.1, 0.15) is 5.82 Å². The van der Waals surface area contributed by atoms with Crippen molar-refractivity contribution in [2.24, 2.45) is 11.1 Å². The second-order valence-electron chi connectivity index (χ2n) is 4.85. The summed E-state index contributed by atoms with van der Waals surface area (Å²) in [6.45, 7) is 10.2. The number of hydrogen-bond donors (Lipinski definition) is 1. The third-order valence-corrected chi connectivity index (χ3v) is 2.21. The van der Waals surface area contributed by atoms with Gasteiger partial charge < -0.3 is 5.73 Å². The van der Waals surface area contributed by atoms with E-state index < -0.39 is 0 Å². The molecule has 1 atom stereocenters. The maximum absolute atomic E-state index is 6.08. The van der Waals surface area contributed by atoms with Gasteiger partial charge in [0.15, 0.2) is 0 Å². The van der Waals surface area contributed by atoms with E-state index in [1.54, 1.807) is 0 Å². The fourth-order valence-corrected chi connectivity index (χ4v) is 1.28. The van der Waals surface area contributed by atoms with E-state index >= 15 is 0 Å². The fourth-order valence-electron chi connectivity index (χ4n) is 1.28. The van der Waals surface area contributed by atoms with Gasteiger partial charge >= 0.3 is 0 Å². The fraction of sp³-hybridized carbons (Fsp3) is 0.636. The van der Waals surface area contributed by atoms with Crippen LogP contribution in [0, 0.1) is 19.3 Å². The number of aryl methyl sites for hydroxylation is 2. The molecule has 1 aromatic heterocycles. The molecule has 0 saturated carbocycles. The second-order valence-corrected chi connectivity index (χ2v) is 4.85. The smallest absolute Gasteiger partial charge is 0.146 e. The first-order chi connectivity index (χ1) is 6.30. The summed E-state index contributed by atoms with van der Waals surface area (Å²) < 4.78 is 0. The first kappa shape index (κ1) is 11.1. The van der Waals surface area contributed by atoms with Crippen molar-refractivity contribution in [3.63, 3.8) is 0 Å². The molecular formula is C11H19N3. The number of aromatic nitrogens is 2. The van der Waals surface area contributed by atoms with Crippen molar-refractivity contribution >= 4 is 0 Å². The van der Waals surface area contributed by atoms with Crippen molar-refractivity contribution in [1.29, 1.82) is 0 Å². The van der Waals surface area contributed by atoms with Gasteiger partial charge in [0.25, 0.3) is 0 Å². The highest BCUT2D eigenvalue weighted by atomic mass is 14.9. The van der Waals surface area contributed by atoms with Crippen molar-refractivity contribution in [2.75, 3.05) is 0 Å². The van der Waals surface area contributed by atoms with Crippen LogP contribution in [0.4, 0.5) is 0 Å². The largest absolute Gasteiger partial charge is 0.321 e. The van der Waals surface area contributed by atoms with Crippen LogP contribution in [0.15, 0.2) is 6.07 Å². The van der Waals surface area contributed by atoms with Crippen molar-refractivity contribution in [3.8, 4) is 0 Å². The molecule has 78 valence electrons. The van der Waals surface area contributed by atoms with Crippen LogP contribution in [0.2, 0.25) is 0 Å². The Balaban J connectivity index is 3.07. The Morgan fingerprint density at radius 2 is 1.57 bits per heavy atom. The molecule has 0 aliphatic rings. The van der Waals surface area contributed by atoms with Crippen LogP contribution >= 0.6 is 0 Å². The zero-order chi connectivity index (χ0) is 10.9. The molecule has 0 aliphatic carbocycles. The molecule has 0 bridgehead atoms. The zero-order valence-corrected chi connectivity index (χ0v) is 9.63. The van der Waals surface area contributed by atoms with Crippen molar-refractivity contribution in [1.82, 2.24) is 9.97 Å². The lowest BCUT2D eigenvalue weighted by Gasteiger charge is -2.25. The van der Waals surface area contributed by atoms with Gasteiger partial charge in [-0.15, -0.1) is 0 Å². The van der Waals surface area contributed by atoms with Crippen molar-refractivity contribution < 1.29 is 0 Å². The minimum absolute atomic E-state index is 0.000231. The van der Waals surface area contributed by atoms with E-state index in [1.807, 2.05) is 19.9 Å². The molecule has 0 radical (unpaired) electrons. The molecule has 0 aliphatic heterocycles. The van der Waals surface area contributed by atoms with Gasteiger partial charge in [-0.1, -0.05) is 20.8 Å². The highest BCUT2D eigenvalue weighted by Gasteiger charge is 2.24. The lowest BCUT2D eigenvalue weighted by atomic mass is 9.87. The number of nitrogens with zero attached hydrogens (tertiary/aromatic N) is 2. The normalized spacial score (nSPS) is 14.1. The molecule has 14 heavy (non-hydrogen) atoms. The van der Waals surface area contributed by atoms with Gasteiger partial charge in [-0.25, -0.2) is 9.97 Å². The summed E-state index contributed by atoms with van der Waals surface area (Å²) in [5.74, 6) is 0.745. The highest BCUT2D eigenvalue weighted by Crippen LogP contribution is 2.28. The van der Waals surface area contributed by atoms with Crippen molar-refractivity contribution in [3.05, 3.63) is 23.3 Å². The van der Waals surface area contributed by atoms with E-state index in [1.165, 1.54) is 0 Å². The first-order valence-corrected chi connectivity index (χ1v) is 4.88. The minimum Gasteiger partial charge on any atom is -0.321 e. The quantitative estimate of drug-likeness (QED) is 0.743. The molecule has 0 saturated heterocycles. The maximum atomic E-state index is 6.08. The lowest BCUT2D eigenvalue weighted by molar-refractivity contribution is 0.314. The SMILES string of the molecule is Cc1cc(C)nc(C(N)C(C)(C)C)n1. The van der Waals surface area contributed by atoms with Crippen LogP contribution in [0.1, 0.15) is 44.0 Å². The summed E-state index contributed by atoms with van der Waals surface area (Å²) >= 11 is 0. The van der Waals surface area contributed by atoms with Crippen LogP contribution in [0.3, 0.4) is 0 Å². The van der Waals surface area contributed by atoms with Gasteiger partial charge in [0, 0.05) is 11.4 Å². The minimum atomic E-state index is -0.110. The lowest BCUT2D eigenvalue weighted by Crippen LogP contribution is -2.28. The third-order valence-electron chi connectivity index (χ3n) is 2.21. The van der Waals surface area contributed by atoms with Crippen LogP contribution in [-0.2, 0) is 0 Å². The summed E-state index contributed by atoms with van der Waals surface area (Å²) in [5.41, 5.74) is 8.04. The average molecular weight is 193 g/mol. The van der Waals surface area contributed by atoms with E-state index in [4.69, 9.17) is 5.73 Å². The standard InChI is InChI=1S/C11H19N3/c1-7-6-8(2)14-10(13-7)9(12)11(3,4)5/h6,9H,12H2,1-5H3. The Hall–Kier alpha value is -0.960. The Morgan fingerprint density at radius 1 is 1.14 bits per heavy atom. The monoisotopic (exact) mass is 193 g/mol. The molecule has 3 nitrogen and oxygen atoms in total. The van der Waals surface area contributed by atoms with Crippen LogP contribution in [0.5, 0.6) is 0 Å². The van der Waals surface area contributed by atoms with Crippen LogP contribution in [-0.4, -0.2) is 9.97 Å². The molecule has 3 heteroatoms. The predicted octanol–water partition coefficient (Wildman–Crippen LogP) is 2.14. The summed E-state index contributed by atoms with van der Waals surface area (Å²) in [7, 11) is 0. The summed E-state index contributed by atoms with van der Waals surface area (Å²) in [6.07, 6.45) is 0. The van der Waals surface area contributed by atoms with E-state index in [-0.39, 0.29) is 11.5 Å². The Bertz CT molecular complexity index is 306. The third kappa shape index (κ3) is 2.51. The second kappa shape index (κ2) is 3.65. The van der Waals surface area contributed by atoms with Gasteiger partial charge in [-0.3, -0.25) is 0 Å². The Labute approximate surface area is 85.8 Å². The number of rotatable bonds is 1. The molecule has 0 aromatic carbocycles. The van der Waals surface area contributed by atoms with E-state index in [0.29, 0.717) is 0 Å². The van der Waals surface area contributed by atoms with E-state index in [0.717, 1.165) is 17.2 Å². The molecule has 1 rings (SSSR count). The van der Waals surface area contributed by atoms with Crippen LogP contribution < -0.4 is 5.73 Å². The van der Waals surface area contributed by atoms with Crippen molar-refractivity contribution in [2.45, 2.75) is 40.7 Å². The maximum Gasteiger partial charge on any atom is 0.146 e. The summed E-state index contributed by atoms with van der Waals surface area (Å²) in [4.78, 5) is 8.73. The molecule has 1 heterocycles.